The second-order valence-electron chi connectivity index (χ2n) is 6.44. The Hall–Kier alpha value is -3.45. The molecule has 6 nitrogen and oxygen atoms in total. The first-order valence-corrected chi connectivity index (χ1v) is 10.7. The summed E-state index contributed by atoms with van der Waals surface area (Å²) in [5.41, 5.74) is 1.64. The van der Waals surface area contributed by atoms with Gasteiger partial charge in [0, 0.05) is 18.2 Å². The molecule has 0 radical (unpaired) electrons. The Morgan fingerprint density at radius 3 is 2.00 bits per heavy atom. The summed E-state index contributed by atoms with van der Waals surface area (Å²) in [5.74, 6) is -0.729. The summed E-state index contributed by atoms with van der Waals surface area (Å²) < 4.78 is 24.9. The zero-order chi connectivity index (χ0) is 21.0. The lowest BCUT2D eigenvalue weighted by Crippen LogP contribution is -2.27. The van der Waals surface area contributed by atoms with Crippen LogP contribution >= 0.6 is 0 Å². The van der Waals surface area contributed by atoms with Gasteiger partial charge in [0.05, 0.1) is 23.2 Å². The standard InChI is InChI=1S/C22H20N2O4S/c1-24(29(2,27)28)20-15-9-7-13-18(20)22(26)23-19-14-8-6-12-17(19)21(25)16-10-4-3-5-11-16/h3-15H,1-2H3,(H,23,26). The number of nitrogens with zero attached hydrogens (tertiary/aromatic N) is 1. The molecule has 1 N–H and O–H groups in total. The molecule has 0 saturated carbocycles. The van der Waals surface area contributed by atoms with Crippen molar-refractivity contribution in [3.05, 3.63) is 95.6 Å². The molecule has 0 spiro atoms. The van der Waals surface area contributed by atoms with Gasteiger partial charge in [0.25, 0.3) is 5.91 Å². The van der Waals surface area contributed by atoms with Crippen molar-refractivity contribution in [2.24, 2.45) is 0 Å². The molecule has 148 valence electrons. The number of hydrogen-bond acceptors (Lipinski definition) is 4. The van der Waals surface area contributed by atoms with Gasteiger partial charge in [-0.05, 0) is 24.3 Å². The summed E-state index contributed by atoms with van der Waals surface area (Å²) in [4.78, 5) is 25.8. The van der Waals surface area contributed by atoms with Crippen LogP contribution in [0.15, 0.2) is 78.9 Å². The summed E-state index contributed by atoms with van der Waals surface area (Å²) in [7, 11) is -2.16. The van der Waals surface area contributed by atoms with Crippen LogP contribution in [-0.2, 0) is 10.0 Å². The van der Waals surface area contributed by atoms with E-state index in [1.54, 1.807) is 66.7 Å². The zero-order valence-corrected chi connectivity index (χ0v) is 16.8. The molecule has 0 aliphatic heterocycles. The van der Waals surface area contributed by atoms with E-state index in [0.717, 1.165) is 10.6 Å². The van der Waals surface area contributed by atoms with E-state index in [0.29, 0.717) is 16.8 Å². The number of ketones is 1. The van der Waals surface area contributed by atoms with Crippen molar-refractivity contribution in [1.82, 2.24) is 0 Å². The molecule has 0 unspecified atom stereocenters. The van der Waals surface area contributed by atoms with E-state index in [9.17, 15) is 18.0 Å². The van der Waals surface area contributed by atoms with Gasteiger partial charge >= 0.3 is 0 Å². The summed E-state index contributed by atoms with van der Waals surface area (Å²) in [6.07, 6.45) is 1.06. The summed E-state index contributed by atoms with van der Waals surface area (Å²) in [6.45, 7) is 0. The van der Waals surface area contributed by atoms with E-state index in [4.69, 9.17) is 0 Å². The number of carbonyl (C=O) groups excluding carboxylic acids is 2. The average molecular weight is 408 g/mol. The van der Waals surface area contributed by atoms with Crippen molar-refractivity contribution in [3.63, 3.8) is 0 Å². The molecule has 3 aromatic rings. The molecule has 0 aromatic heterocycles. The maximum absolute atomic E-state index is 12.9. The molecule has 0 bridgehead atoms. The van der Waals surface area contributed by atoms with E-state index < -0.39 is 15.9 Å². The van der Waals surface area contributed by atoms with Crippen molar-refractivity contribution in [1.29, 1.82) is 0 Å². The van der Waals surface area contributed by atoms with Gasteiger partial charge in [0.15, 0.2) is 5.78 Å². The van der Waals surface area contributed by atoms with Crippen molar-refractivity contribution in [3.8, 4) is 0 Å². The van der Waals surface area contributed by atoms with Crippen LogP contribution in [-0.4, -0.2) is 33.4 Å². The van der Waals surface area contributed by atoms with Gasteiger partial charge in [-0.15, -0.1) is 0 Å². The minimum Gasteiger partial charge on any atom is -0.321 e. The fourth-order valence-electron chi connectivity index (χ4n) is 2.84. The summed E-state index contributed by atoms with van der Waals surface area (Å²) >= 11 is 0. The molecule has 0 heterocycles. The number of sulfonamides is 1. The Balaban J connectivity index is 1.95. The molecule has 0 aliphatic carbocycles. The van der Waals surface area contributed by atoms with Gasteiger partial charge in [-0.25, -0.2) is 8.42 Å². The first-order valence-electron chi connectivity index (χ1n) is 8.82. The second-order valence-corrected chi connectivity index (χ2v) is 8.46. The highest BCUT2D eigenvalue weighted by Crippen LogP contribution is 2.24. The van der Waals surface area contributed by atoms with Crippen LogP contribution in [0.25, 0.3) is 0 Å². The predicted octanol–water partition coefficient (Wildman–Crippen LogP) is 3.57. The fourth-order valence-corrected chi connectivity index (χ4v) is 3.36. The molecule has 1 amide bonds. The van der Waals surface area contributed by atoms with Crippen LogP contribution < -0.4 is 9.62 Å². The number of anilines is 2. The number of amides is 1. The lowest BCUT2D eigenvalue weighted by Gasteiger charge is -2.20. The lowest BCUT2D eigenvalue weighted by molar-refractivity contribution is 0.102. The third-order valence-corrected chi connectivity index (χ3v) is 5.63. The monoisotopic (exact) mass is 408 g/mol. The second kappa shape index (κ2) is 8.28. The van der Waals surface area contributed by atoms with Crippen LogP contribution in [0.2, 0.25) is 0 Å². The van der Waals surface area contributed by atoms with E-state index >= 15 is 0 Å². The molecule has 0 saturated heterocycles. The highest BCUT2D eigenvalue weighted by Gasteiger charge is 2.21. The predicted molar refractivity (Wildman–Crippen MR) is 114 cm³/mol. The van der Waals surface area contributed by atoms with Crippen molar-refractivity contribution < 1.29 is 18.0 Å². The number of rotatable bonds is 6. The molecule has 3 aromatic carbocycles. The number of benzene rings is 3. The van der Waals surface area contributed by atoms with E-state index in [-0.39, 0.29) is 17.0 Å². The number of para-hydroxylation sites is 2. The first-order chi connectivity index (χ1) is 13.8. The van der Waals surface area contributed by atoms with Gasteiger partial charge in [-0.2, -0.15) is 0 Å². The fraction of sp³-hybridized carbons (Fsp3) is 0.0909. The molecule has 0 atom stereocenters. The summed E-state index contributed by atoms with van der Waals surface area (Å²) in [6, 6.07) is 21.9. The van der Waals surface area contributed by atoms with Crippen LogP contribution in [0.4, 0.5) is 11.4 Å². The quantitative estimate of drug-likeness (QED) is 0.632. The minimum atomic E-state index is -3.54. The zero-order valence-electron chi connectivity index (χ0n) is 16.0. The van der Waals surface area contributed by atoms with Gasteiger partial charge in [-0.3, -0.25) is 13.9 Å². The molecule has 29 heavy (non-hydrogen) atoms. The highest BCUT2D eigenvalue weighted by molar-refractivity contribution is 7.92. The molecule has 0 fully saturated rings. The Morgan fingerprint density at radius 1 is 0.793 bits per heavy atom. The number of nitrogens with one attached hydrogen (secondary N) is 1. The van der Waals surface area contributed by atoms with Crippen molar-refractivity contribution >= 4 is 33.1 Å². The Labute approximate surface area is 169 Å². The Morgan fingerprint density at radius 2 is 1.34 bits per heavy atom. The van der Waals surface area contributed by atoms with Gasteiger partial charge in [0.1, 0.15) is 0 Å². The van der Waals surface area contributed by atoms with Gasteiger partial charge in [-0.1, -0.05) is 54.6 Å². The molecule has 7 heteroatoms. The Bertz CT molecular complexity index is 1160. The van der Waals surface area contributed by atoms with Crippen LogP contribution in [0.5, 0.6) is 0 Å². The van der Waals surface area contributed by atoms with Gasteiger partial charge in [0.2, 0.25) is 10.0 Å². The normalized spacial score (nSPS) is 11.0. The maximum atomic E-state index is 12.9. The minimum absolute atomic E-state index is 0.183. The van der Waals surface area contributed by atoms with Crippen LogP contribution in [0, 0.1) is 0 Å². The van der Waals surface area contributed by atoms with Gasteiger partial charge < -0.3 is 5.32 Å². The smallest absolute Gasteiger partial charge is 0.257 e. The molecule has 0 aliphatic rings. The lowest BCUT2D eigenvalue weighted by atomic mass is 10.0. The third-order valence-electron chi connectivity index (χ3n) is 4.44. The molecule has 3 rings (SSSR count). The Kier molecular flexibility index (Phi) is 5.79. The van der Waals surface area contributed by atoms with Crippen molar-refractivity contribution in [2.45, 2.75) is 0 Å². The molecular formula is C22H20N2O4S. The van der Waals surface area contributed by atoms with Crippen molar-refractivity contribution in [2.75, 3.05) is 22.9 Å². The SMILES string of the molecule is CN(c1ccccc1C(=O)Nc1ccccc1C(=O)c1ccccc1)S(C)(=O)=O. The highest BCUT2D eigenvalue weighted by atomic mass is 32.2. The number of hydrogen-bond donors (Lipinski definition) is 1. The van der Waals surface area contributed by atoms with Crippen LogP contribution in [0.3, 0.4) is 0 Å². The van der Waals surface area contributed by atoms with Crippen LogP contribution in [0.1, 0.15) is 26.3 Å². The summed E-state index contributed by atoms with van der Waals surface area (Å²) in [5, 5.41) is 2.74. The number of carbonyl (C=O) groups is 2. The molecular weight excluding hydrogens is 388 g/mol. The topological polar surface area (TPSA) is 83.6 Å². The van der Waals surface area contributed by atoms with E-state index in [1.807, 2.05) is 6.07 Å². The first kappa shape index (κ1) is 20.3. The van der Waals surface area contributed by atoms with E-state index in [1.165, 1.54) is 13.1 Å². The third kappa shape index (κ3) is 4.52. The van der Waals surface area contributed by atoms with E-state index in [2.05, 4.69) is 5.32 Å². The largest absolute Gasteiger partial charge is 0.321 e. The maximum Gasteiger partial charge on any atom is 0.257 e. The average Bonchev–Trinajstić information content (AvgIpc) is 2.73.